The third-order valence-corrected chi connectivity index (χ3v) is 3.76. The van der Waals surface area contributed by atoms with Gasteiger partial charge in [0.1, 0.15) is 11.9 Å². The van der Waals surface area contributed by atoms with Gasteiger partial charge in [-0.3, -0.25) is 0 Å². The molecule has 0 saturated carbocycles. The molecule has 0 amide bonds. The Bertz CT molecular complexity index is 788. The maximum absolute atomic E-state index is 13.9. The highest BCUT2D eigenvalue weighted by Gasteiger charge is 2.15. The van der Waals surface area contributed by atoms with E-state index in [2.05, 4.69) is 6.07 Å². The first-order valence-corrected chi connectivity index (χ1v) is 6.99. The van der Waals surface area contributed by atoms with Crippen molar-refractivity contribution in [3.63, 3.8) is 0 Å². The molecule has 1 nitrogen and oxygen atoms in total. The predicted molar refractivity (Wildman–Crippen MR) is 83.9 cm³/mol. The number of aliphatic hydroxyl groups is 1. The van der Waals surface area contributed by atoms with Gasteiger partial charge >= 0.3 is 0 Å². The van der Waals surface area contributed by atoms with Crippen molar-refractivity contribution in [3.05, 3.63) is 82.7 Å². The summed E-state index contributed by atoms with van der Waals surface area (Å²) in [5.74, 6) is -0.262. The van der Waals surface area contributed by atoms with Crippen LogP contribution in [-0.2, 0) is 0 Å². The number of halogens is 1. The van der Waals surface area contributed by atoms with Crippen LogP contribution in [0, 0.1) is 19.7 Å². The quantitative estimate of drug-likeness (QED) is 0.722. The highest BCUT2D eigenvalue weighted by molar-refractivity contribution is 5.87. The lowest BCUT2D eigenvalue weighted by Crippen LogP contribution is -2.02. The molecule has 0 saturated heterocycles. The third-order valence-electron chi connectivity index (χ3n) is 3.76. The zero-order chi connectivity index (χ0) is 15.0. The highest BCUT2D eigenvalue weighted by Crippen LogP contribution is 2.31. The SMILES string of the molecule is Cc1cc(C)cc(C(O)c2ccc(F)c3ccccc23)c1. The number of hydrogen-bond donors (Lipinski definition) is 1. The van der Waals surface area contributed by atoms with Crippen LogP contribution in [0.3, 0.4) is 0 Å². The van der Waals surface area contributed by atoms with Crippen molar-refractivity contribution in [2.24, 2.45) is 0 Å². The van der Waals surface area contributed by atoms with E-state index in [1.165, 1.54) is 6.07 Å². The van der Waals surface area contributed by atoms with Crippen LogP contribution in [0.1, 0.15) is 28.4 Å². The molecule has 0 heterocycles. The van der Waals surface area contributed by atoms with Crippen LogP contribution in [0.2, 0.25) is 0 Å². The van der Waals surface area contributed by atoms with Crippen molar-refractivity contribution in [2.75, 3.05) is 0 Å². The Morgan fingerprint density at radius 3 is 2.14 bits per heavy atom. The summed E-state index contributed by atoms with van der Waals surface area (Å²) in [6.45, 7) is 4.01. The van der Waals surface area contributed by atoms with Gasteiger partial charge in [0.05, 0.1) is 0 Å². The van der Waals surface area contributed by atoms with Crippen molar-refractivity contribution in [2.45, 2.75) is 20.0 Å². The van der Waals surface area contributed by atoms with Crippen LogP contribution in [0.15, 0.2) is 54.6 Å². The minimum Gasteiger partial charge on any atom is -0.384 e. The van der Waals surface area contributed by atoms with Crippen LogP contribution < -0.4 is 0 Å². The van der Waals surface area contributed by atoms with Gasteiger partial charge in [-0.15, -0.1) is 0 Å². The number of benzene rings is 3. The molecule has 0 spiro atoms. The van der Waals surface area contributed by atoms with Gasteiger partial charge in [0, 0.05) is 5.39 Å². The molecule has 0 aromatic heterocycles. The Morgan fingerprint density at radius 2 is 1.48 bits per heavy atom. The molecule has 1 N–H and O–H groups in total. The van der Waals surface area contributed by atoms with E-state index in [4.69, 9.17) is 0 Å². The number of aliphatic hydroxyl groups excluding tert-OH is 1. The minimum absolute atomic E-state index is 0.262. The van der Waals surface area contributed by atoms with Gasteiger partial charge in [-0.1, -0.05) is 59.7 Å². The normalized spacial score (nSPS) is 12.6. The lowest BCUT2D eigenvalue weighted by molar-refractivity contribution is 0.221. The molecule has 0 aliphatic heterocycles. The molecular formula is C19H17FO. The second kappa shape index (κ2) is 5.30. The van der Waals surface area contributed by atoms with Crippen LogP contribution >= 0.6 is 0 Å². The molecule has 3 aromatic rings. The molecule has 0 bridgehead atoms. The van der Waals surface area contributed by atoms with Gasteiger partial charge in [-0.05, 0) is 36.4 Å². The van der Waals surface area contributed by atoms with Gasteiger partial charge < -0.3 is 5.11 Å². The predicted octanol–water partition coefficient (Wildman–Crippen LogP) is 4.68. The first-order valence-electron chi connectivity index (χ1n) is 6.99. The maximum atomic E-state index is 13.9. The van der Waals surface area contributed by atoms with Crippen molar-refractivity contribution in [1.82, 2.24) is 0 Å². The summed E-state index contributed by atoms with van der Waals surface area (Å²) in [4.78, 5) is 0. The zero-order valence-corrected chi connectivity index (χ0v) is 12.1. The summed E-state index contributed by atoms with van der Waals surface area (Å²) in [6, 6.07) is 16.3. The van der Waals surface area contributed by atoms with Gasteiger partial charge in [0.15, 0.2) is 0 Å². The number of rotatable bonds is 2. The van der Waals surface area contributed by atoms with Gasteiger partial charge in [0.25, 0.3) is 0 Å². The average Bonchev–Trinajstić information content (AvgIpc) is 2.46. The lowest BCUT2D eigenvalue weighted by atomic mass is 9.94. The van der Waals surface area contributed by atoms with E-state index in [0.29, 0.717) is 5.39 Å². The molecule has 0 radical (unpaired) electrons. The molecular weight excluding hydrogens is 263 g/mol. The average molecular weight is 280 g/mol. The monoisotopic (exact) mass is 280 g/mol. The summed E-state index contributed by atoms with van der Waals surface area (Å²) in [6.07, 6.45) is -0.755. The summed E-state index contributed by atoms with van der Waals surface area (Å²) < 4.78 is 13.9. The van der Waals surface area contributed by atoms with Crippen LogP contribution in [0.25, 0.3) is 10.8 Å². The Labute approximate surface area is 123 Å². The molecule has 0 aliphatic carbocycles. The van der Waals surface area contributed by atoms with Gasteiger partial charge in [-0.2, -0.15) is 0 Å². The standard InChI is InChI=1S/C19H17FO/c1-12-9-13(2)11-14(10-12)19(21)17-7-8-18(20)16-6-4-3-5-15(16)17/h3-11,19,21H,1-2H3. The maximum Gasteiger partial charge on any atom is 0.131 e. The van der Waals surface area contributed by atoms with Crippen molar-refractivity contribution < 1.29 is 9.50 Å². The zero-order valence-electron chi connectivity index (χ0n) is 12.1. The fraction of sp³-hybridized carbons (Fsp3) is 0.158. The number of fused-ring (bicyclic) bond motifs is 1. The molecule has 0 fully saturated rings. The summed E-state index contributed by atoms with van der Waals surface area (Å²) in [7, 11) is 0. The Balaban J connectivity index is 2.18. The summed E-state index contributed by atoms with van der Waals surface area (Å²) >= 11 is 0. The highest BCUT2D eigenvalue weighted by atomic mass is 19.1. The summed E-state index contributed by atoms with van der Waals surface area (Å²) in [5.41, 5.74) is 3.78. The topological polar surface area (TPSA) is 20.2 Å². The van der Waals surface area contributed by atoms with Crippen molar-refractivity contribution in [1.29, 1.82) is 0 Å². The van der Waals surface area contributed by atoms with Crippen LogP contribution in [-0.4, -0.2) is 5.11 Å². The number of hydrogen-bond acceptors (Lipinski definition) is 1. The van der Waals surface area contributed by atoms with E-state index in [0.717, 1.165) is 27.6 Å². The summed E-state index contributed by atoms with van der Waals surface area (Å²) in [5, 5.41) is 12.0. The van der Waals surface area contributed by atoms with E-state index >= 15 is 0 Å². The molecule has 3 aromatic carbocycles. The van der Waals surface area contributed by atoms with Crippen LogP contribution in [0.4, 0.5) is 4.39 Å². The Morgan fingerprint density at radius 1 is 0.857 bits per heavy atom. The second-order valence-corrected chi connectivity index (χ2v) is 5.51. The molecule has 0 aliphatic rings. The van der Waals surface area contributed by atoms with E-state index in [9.17, 15) is 9.50 Å². The van der Waals surface area contributed by atoms with Gasteiger partial charge in [-0.25, -0.2) is 4.39 Å². The molecule has 1 unspecified atom stereocenters. The fourth-order valence-electron chi connectivity index (χ4n) is 2.87. The molecule has 21 heavy (non-hydrogen) atoms. The first kappa shape index (κ1) is 13.8. The fourth-order valence-corrected chi connectivity index (χ4v) is 2.87. The first-order chi connectivity index (χ1) is 10.1. The van der Waals surface area contributed by atoms with Crippen molar-refractivity contribution in [3.8, 4) is 0 Å². The Kier molecular flexibility index (Phi) is 3.48. The van der Waals surface area contributed by atoms with E-state index in [1.807, 2.05) is 38.1 Å². The molecule has 3 rings (SSSR count). The minimum atomic E-state index is -0.755. The molecule has 2 heteroatoms. The smallest absolute Gasteiger partial charge is 0.131 e. The lowest BCUT2D eigenvalue weighted by Gasteiger charge is -2.16. The second-order valence-electron chi connectivity index (χ2n) is 5.51. The molecule has 106 valence electrons. The van der Waals surface area contributed by atoms with Crippen LogP contribution in [0.5, 0.6) is 0 Å². The Hall–Kier alpha value is -2.19. The van der Waals surface area contributed by atoms with E-state index < -0.39 is 6.10 Å². The van der Waals surface area contributed by atoms with Gasteiger partial charge in [0.2, 0.25) is 0 Å². The largest absolute Gasteiger partial charge is 0.384 e. The third kappa shape index (κ3) is 2.55. The van der Waals surface area contributed by atoms with E-state index in [-0.39, 0.29) is 5.82 Å². The number of aryl methyl sites for hydroxylation is 2. The molecule has 1 atom stereocenters. The van der Waals surface area contributed by atoms with Crippen molar-refractivity contribution >= 4 is 10.8 Å². The van der Waals surface area contributed by atoms with E-state index in [1.54, 1.807) is 18.2 Å².